The van der Waals surface area contributed by atoms with Gasteiger partial charge >= 0.3 is 0 Å². The standard InChI is InChI=1S/C17H27N3O2/c1-6-20(10-15(21)18-12(2)3)11-16(22)19-17-13(4)8-7-9-14(17)5/h7-9,12H,6,10-11H2,1-5H3,(H,18,21)(H,19,22)/p+1. The minimum absolute atomic E-state index is 0.0216. The molecule has 1 atom stereocenters. The van der Waals surface area contributed by atoms with E-state index in [1.165, 1.54) is 0 Å². The second kappa shape index (κ2) is 8.54. The van der Waals surface area contributed by atoms with E-state index < -0.39 is 0 Å². The van der Waals surface area contributed by atoms with E-state index in [-0.39, 0.29) is 24.4 Å². The van der Waals surface area contributed by atoms with Crippen LogP contribution in [0.25, 0.3) is 0 Å². The topological polar surface area (TPSA) is 62.6 Å². The van der Waals surface area contributed by atoms with Crippen molar-refractivity contribution in [1.29, 1.82) is 0 Å². The second-order valence-corrected chi connectivity index (χ2v) is 5.99. The first kappa shape index (κ1) is 18.2. The fourth-order valence-corrected chi connectivity index (χ4v) is 2.33. The molecule has 1 rings (SSSR count). The summed E-state index contributed by atoms with van der Waals surface area (Å²) in [5.41, 5.74) is 2.96. The zero-order valence-electron chi connectivity index (χ0n) is 14.2. The average Bonchev–Trinajstić information content (AvgIpc) is 2.41. The predicted molar refractivity (Wildman–Crippen MR) is 89.1 cm³/mol. The lowest BCUT2D eigenvalue weighted by molar-refractivity contribution is -0.881. The van der Waals surface area contributed by atoms with E-state index in [1.807, 2.05) is 52.8 Å². The Labute approximate surface area is 133 Å². The van der Waals surface area contributed by atoms with E-state index in [0.29, 0.717) is 6.54 Å². The highest BCUT2D eigenvalue weighted by atomic mass is 16.2. The van der Waals surface area contributed by atoms with Crippen LogP contribution < -0.4 is 15.5 Å². The quantitative estimate of drug-likeness (QED) is 0.693. The molecule has 2 amide bonds. The summed E-state index contributed by atoms with van der Waals surface area (Å²) in [6.07, 6.45) is 0. The highest BCUT2D eigenvalue weighted by Crippen LogP contribution is 2.18. The molecule has 1 aromatic rings. The Morgan fingerprint density at radius 1 is 1.09 bits per heavy atom. The van der Waals surface area contributed by atoms with E-state index >= 15 is 0 Å². The van der Waals surface area contributed by atoms with Crippen LogP contribution in [0.1, 0.15) is 31.9 Å². The van der Waals surface area contributed by atoms with Crippen molar-refractivity contribution in [3.05, 3.63) is 29.3 Å². The third-order valence-electron chi connectivity index (χ3n) is 3.52. The summed E-state index contributed by atoms with van der Waals surface area (Å²) >= 11 is 0. The van der Waals surface area contributed by atoms with Gasteiger partial charge in [0.25, 0.3) is 11.8 Å². The summed E-state index contributed by atoms with van der Waals surface area (Å²) in [6, 6.07) is 6.04. The van der Waals surface area contributed by atoms with Gasteiger partial charge in [0.05, 0.1) is 6.54 Å². The van der Waals surface area contributed by atoms with Crippen molar-refractivity contribution >= 4 is 17.5 Å². The molecule has 0 heterocycles. The second-order valence-electron chi connectivity index (χ2n) is 5.99. The van der Waals surface area contributed by atoms with E-state index in [0.717, 1.165) is 28.3 Å². The number of carbonyl (C=O) groups is 2. The number of anilines is 1. The summed E-state index contributed by atoms with van der Waals surface area (Å²) in [5.74, 6) is -0.0849. The highest BCUT2D eigenvalue weighted by molar-refractivity contribution is 5.93. The molecule has 0 spiro atoms. The van der Waals surface area contributed by atoms with Crippen LogP contribution in [0.2, 0.25) is 0 Å². The lowest BCUT2D eigenvalue weighted by atomic mass is 10.1. The number of benzene rings is 1. The molecule has 0 aliphatic heterocycles. The van der Waals surface area contributed by atoms with E-state index in [9.17, 15) is 9.59 Å². The van der Waals surface area contributed by atoms with E-state index in [2.05, 4.69) is 10.6 Å². The molecule has 0 aliphatic rings. The normalized spacial score (nSPS) is 12.1. The van der Waals surface area contributed by atoms with Crippen LogP contribution in [0, 0.1) is 13.8 Å². The number of hydrogen-bond acceptors (Lipinski definition) is 2. The molecule has 1 unspecified atom stereocenters. The Hall–Kier alpha value is -1.88. The van der Waals surface area contributed by atoms with Gasteiger partial charge in [-0.15, -0.1) is 0 Å². The molecule has 0 radical (unpaired) electrons. The van der Waals surface area contributed by atoms with E-state index in [1.54, 1.807) is 0 Å². The predicted octanol–water partition coefficient (Wildman–Crippen LogP) is 0.671. The highest BCUT2D eigenvalue weighted by Gasteiger charge is 2.18. The summed E-state index contributed by atoms with van der Waals surface area (Å²) < 4.78 is 0. The molecule has 0 bridgehead atoms. The number of carbonyl (C=O) groups excluding carboxylic acids is 2. The SMILES string of the molecule is CC[NH+](CC(=O)Nc1c(C)cccc1C)CC(=O)NC(C)C. The van der Waals surface area contributed by atoms with Crippen LogP contribution >= 0.6 is 0 Å². The minimum atomic E-state index is -0.0633. The number of quaternary nitrogens is 1. The van der Waals surface area contributed by atoms with Crippen LogP contribution in [-0.2, 0) is 9.59 Å². The Bertz CT molecular complexity index is 506. The number of hydrogen-bond donors (Lipinski definition) is 3. The maximum atomic E-state index is 12.2. The number of amides is 2. The zero-order chi connectivity index (χ0) is 16.7. The molecule has 0 aromatic heterocycles. The molecular weight excluding hydrogens is 278 g/mol. The van der Waals surface area contributed by atoms with Crippen molar-refractivity contribution in [2.75, 3.05) is 25.0 Å². The van der Waals surface area contributed by atoms with Crippen LogP contribution in [0.15, 0.2) is 18.2 Å². The smallest absolute Gasteiger partial charge is 0.279 e. The fourth-order valence-electron chi connectivity index (χ4n) is 2.33. The maximum absolute atomic E-state index is 12.2. The molecule has 0 fully saturated rings. The first-order valence-electron chi connectivity index (χ1n) is 7.82. The molecule has 0 saturated carbocycles. The van der Waals surface area contributed by atoms with Crippen molar-refractivity contribution in [2.45, 2.75) is 40.7 Å². The van der Waals surface area contributed by atoms with Gasteiger partial charge in [-0.05, 0) is 45.7 Å². The van der Waals surface area contributed by atoms with Crippen molar-refractivity contribution in [3.63, 3.8) is 0 Å². The summed E-state index contributed by atoms with van der Waals surface area (Å²) in [7, 11) is 0. The Morgan fingerprint density at radius 3 is 2.14 bits per heavy atom. The molecular formula is C17H28N3O2+. The largest absolute Gasteiger partial charge is 0.349 e. The van der Waals surface area contributed by atoms with Crippen molar-refractivity contribution in [3.8, 4) is 0 Å². The van der Waals surface area contributed by atoms with Gasteiger partial charge in [-0.2, -0.15) is 0 Å². The van der Waals surface area contributed by atoms with Crippen LogP contribution in [0.5, 0.6) is 0 Å². The van der Waals surface area contributed by atoms with Gasteiger partial charge in [0, 0.05) is 11.7 Å². The van der Waals surface area contributed by atoms with Gasteiger partial charge < -0.3 is 15.5 Å². The molecule has 1 aromatic carbocycles. The fraction of sp³-hybridized carbons (Fsp3) is 0.529. The lowest BCUT2D eigenvalue weighted by Gasteiger charge is -2.18. The number of likely N-dealkylation sites (N-methyl/N-ethyl adjacent to an activating group) is 1. The van der Waals surface area contributed by atoms with Gasteiger partial charge in [0.2, 0.25) is 0 Å². The number of aryl methyl sites for hydroxylation is 2. The van der Waals surface area contributed by atoms with E-state index in [4.69, 9.17) is 0 Å². The average molecular weight is 306 g/mol. The number of nitrogens with one attached hydrogen (secondary N) is 3. The van der Waals surface area contributed by atoms with Gasteiger partial charge in [-0.1, -0.05) is 18.2 Å². The zero-order valence-corrected chi connectivity index (χ0v) is 14.2. The number of para-hydroxylation sites is 1. The Morgan fingerprint density at radius 2 is 1.64 bits per heavy atom. The molecule has 22 heavy (non-hydrogen) atoms. The van der Waals surface area contributed by atoms with Crippen LogP contribution in [0.3, 0.4) is 0 Å². The third kappa shape index (κ3) is 5.85. The Kier molecular flexibility index (Phi) is 7.05. The van der Waals surface area contributed by atoms with Crippen LogP contribution in [-0.4, -0.2) is 37.5 Å². The first-order valence-corrected chi connectivity index (χ1v) is 7.82. The third-order valence-corrected chi connectivity index (χ3v) is 3.52. The Balaban J connectivity index is 2.60. The van der Waals surface area contributed by atoms with Crippen LogP contribution in [0.4, 0.5) is 5.69 Å². The van der Waals surface area contributed by atoms with Gasteiger partial charge in [-0.25, -0.2) is 0 Å². The summed E-state index contributed by atoms with van der Waals surface area (Å²) in [4.78, 5) is 25.0. The summed E-state index contributed by atoms with van der Waals surface area (Å²) in [5, 5.41) is 5.82. The van der Waals surface area contributed by atoms with Gasteiger partial charge in [-0.3, -0.25) is 9.59 Å². The molecule has 5 heteroatoms. The lowest BCUT2D eigenvalue weighted by Crippen LogP contribution is -3.14. The number of rotatable bonds is 7. The molecule has 0 saturated heterocycles. The minimum Gasteiger partial charge on any atom is -0.349 e. The molecule has 0 aliphatic carbocycles. The monoisotopic (exact) mass is 306 g/mol. The summed E-state index contributed by atoms with van der Waals surface area (Å²) in [6.45, 7) is 11.1. The van der Waals surface area contributed by atoms with Crippen molar-refractivity contribution in [1.82, 2.24) is 5.32 Å². The molecule has 122 valence electrons. The molecule has 3 N–H and O–H groups in total. The first-order chi connectivity index (χ1) is 10.3. The maximum Gasteiger partial charge on any atom is 0.279 e. The van der Waals surface area contributed by atoms with Gasteiger partial charge in [0.15, 0.2) is 13.1 Å². The van der Waals surface area contributed by atoms with Crippen molar-refractivity contribution < 1.29 is 14.5 Å². The van der Waals surface area contributed by atoms with Gasteiger partial charge in [0.1, 0.15) is 0 Å². The molecule has 5 nitrogen and oxygen atoms in total. The van der Waals surface area contributed by atoms with Crippen molar-refractivity contribution in [2.24, 2.45) is 0 Å².